The second-order valence-corrected chi connectivity index (χ2v) is 7.41. The van der Waals surface area contributed by atoms with Crippen LogP contribution in [-0.2, 0) is 30.4 Å². The van der Waals surface area contributed by atoms with Gasteiger partial charge in [0.1, 0.15) is 12.1 Å². The lowest BCUT2D eigenvalue weighted by Crippen LogP contribution is -2.61. The van der Waals surface area contributed by atoms with E-state index in [1.807, 2.05) is 5.32 Å². The molecule has 6 atom stereocenters. The summed E-state index contributed by atoms with van der Waals surface area (Å²) in [7, 11) is 0. The number of nitrogens with two attached hydrogens (primary N) is 2. The SMILES string of the molecule is CC(O)C(NC(=O)C(NC(=O)C(CC(N)=O)NC(=O)C(N)Cc1cnc[nH]1)C(C)O)C(=O)O. The van der Waals surface area contributed by atoms with Gasteiger partial charge in [0.15, 0.2) is 6.04 Å². The molecule has 0 aliphatic carbocycles. The van der Waals surface area contributed by atoms with Gasteiger partial charge in [0.2, 0.25) is 23.6 Å². The van der Waals surface area contributed by atoms with E-state index < -0.39 is 72.4 Å². The molecule has 1 aromatic heterocycles. The third-order valence-corrected chi connectivity index (χ3v) is 4.48. The molecule has 15 heteroatoms. The predicted octanol–water partition coefficient (Wildman–Crippen LogP) is -4.54. The number of carboxylic acids is 1. The monoisotopic (exact) mass is 471 g/mol. The van der Waals surface area contributed by atoms with Crippen LogP contribution in [0.2, 0.25) is 0 Å². The van der Waals surface area contributed by atoms with Gasteiger partial charge >= 0.3 is 5.97 Å². The highest BCUT2D eigenvalue weighted by molar-refractivity contribution is 5.96. The van der Waals surface area contributed by atoms with Crippen molar-refractivity contribution in [3.05, 3.63) is 18.2 Å². The lowest BCUT2D eigenvalue weighted by atomic mass is 10.1. The normalized spacial score (nSPS) is 16.4. The summed E-state index contributed by atoms with van der Waals surface area (Å²) in [4.78, 5) is 66.6. The van der Waals surface area contributed by atoms with Gasteiger partial charge in [0, 0.05) is 18.3 Å². The molecule has 0 bridgehead atoms. The van der Waals surface area contributed by atoms with E-state index in [0.29, 0.717) is 5.69 Å². The van der Waals surface area contributed by atoms with Crippen molar-refractivity contribution in [2.75, 3.05) is 0 Å². The number of rotatable bonds is 13. The molecule has 0 spiro atoms. The number of nitrogens with one attached hydrogen (secondary N) is 4. The summed E-state index contributed by atoms with van der Waals surface area (Å²) in [5, 5.41) is 34.9. The molecule has 0 radical (unpaired) electrons. The zero-order chi connectivity index (χ0) is 25.3. The largest absolute Gasteiger partial charge is 0.480 e. The summed E-state index contributed by atoms with van der Waals surface area (Å²) in [6, 6.07) is -6.04. The number of imidazole rings is 1. The third kappa shape index (κ3) is 8.83. The van der Waals surface area contributed by atoms with E-state index in [4.69, 9.17) is 16.6 Å². The van der Waals surface area contributed by atoms with Crippen molar-refractivity contribution in [2.24, 2.45) is 11.5 Å². The van der Waals surface area contributed by atoms with Crippen LogP contribution in [0.1, 0.15) is 26.0 Å². The molecule has 11 N–H and O–H groups in total. The molecule has 0 fully saturated rings. The van der Waals surface area contributed by atoms with Crippen LogP contribution in [0.3, 0.4) is 0 Å². The number of H-pyrrole nitrogens is 1. The molecule has 33 heavy (non-hydrogen) atoms. The van der Waals surface area contributed by atoms with Gasteiger partial charge in [-0.05, 0) is 13.8 Å². The minimum atomic E-state index is -1.71. The summed E-state index contributed by atoms with van der Waals surface area (Å²) in [6.07, 6.45) is -0.749. The highest BCUT2D eigenvalue weighted by Crippen LogP contribution is 2.03. The second-order valence-electron chi connectivity index (χ2n) is 7.41. The smallest absolute Gasteiger partial charge is 0.328 e. The van der Waals surface area contributed by atoms with Crippen molar-refractivity contribution in [3.8, 4) is 0 Å². The third-order valence-electron chi connectivity index (χ3n) is 4.48. The van der Waals surface area contributed by atoms with Crippen LogP contribution < -0.4 is 27.4 Å². The van der Waals surface area contributed by atoms with Crippen molar-refractivity contribution >= 4 is 29.6 Å². The Labute approximate surface area is 188 Å². The number of primary amides is 1. The van der Waals surface area contributed by atoms with Gasteiger partial charge < -0.3 is 47.7 Å². The van der Waals surface area contributed by atoms with E-state index in [1.165, 1.54) is 12.5 Å². The number of aromatic nitrogens is 2. The maximum Gasteiger partial charge on any atom is 0.328 e. The van der Waals surface area contributed by atoms with Gasteiger partial charge in [-0.25, -0.2) is 9.78 Å². The fourth-order valence-corrected chi connectivity index (χ4v) is 2.71. The highest BCUT2D eigenvalue weighted by atomic mass is 16.4. The minimum absolute atomic E-state index is 0.0470. The number of nitrogens with zero attached hydrogens (tertiary/aromatic N) is 1. The van der Waals surface area contributed by atoms with Crippen LogP contribution in [-0.4, -0.2) is 91.3 Å². The quantitative estimate of drug-likeness (QED) is 0.133. The molecule has 0 aliphatic heterocycles. The first kappa shape index (κ1) is 27.5. The molecular formula is C18H29N7O8. The molecule has 1 aromatic rings. The van der Waals surface area contributed by atoms with Crippen LogP contribution >= 0.6 is 0 Å². The van der Waals surface area contributed by atoms with Gasteiger partial charge in [-0.1, -0.05) is 0 Å². The summed E-state index contributed by atoms with van der Waals surface area (Å²) in [5.74, 6) is -5.47. The van der Waals surface area contributed by atoms with Crippen LogP contribution in [0, 0.1) is 0 Å². The van der Waals surface area contributed by atoms with Gasteiger partial charge in [0.25, 0.3) is 0 Å². The van der Waals surface area contributed by atoms with E-state index in [-0.39, 0.29) is 6.42 Å². The van der Waals surface area contributed by atoms with Gasteiger partial charge in [-0.15, -0.1) is 0 Å². The van der Waals surface area contributed by atoms with Crippen molar-refractivity contribution in [3.63, 3.8) is 0 Å². The summed E-state index contributed by atoms with van der Waals surface area (Å²) >= 11 is 0. The molecule has 0 aliphatic rings. The first-order chi connectivity index (χ1) is 15.3. The average molecular weight is 471 g/mol. The zero-order valence-electron chi connectivity index (χ0n) is 18.0. The van der Waals surface area contributed by atoms with Crippen LogP contribution in [0.15, 0.2) is 12.5 Å². The topological polar surface area (TPSA) is 263 Å². The molecule has 1 heterocycles. The number of hydrogen-bond acceptors (Lipinski definition) is 9. The predicted molar refractivity (Wildman–Crippen MR) is 111 cm³/mol. The van der Waals surface area contributed by atoms with Crippen LogP contribution in [0.4, 0.5) is 0 Å². The lowest BCUT2D eigenvalue weighted by molar-refractivity contribution is -0.146. The first-order valence-electron chi connectivity index (χ1n) is 9.84. The molecule has 4 amide bonds. The Hall–Kier alpha value is -3.56. The molecule has 184 valence electrons. The van der Waals surface area contributed by atoms with Crippen molar-refractivity contribution in [1.29, 1.82) is 0 Å². The van der Waals surface area contributed by atoms with Gasteiger partial charge in [-0.2, -0.15) is 0 Å². The van der Waals surface area contributed by atoms with Crippen LogP contribution in [0.5, 0.6) is 0 Å². The Morgan fingerprint density at radius 1 is 1.00 bits per heavy atom. The zero-order valence-corrected chi connectivity index (χ0v) is 18.0. The standard InChI is InChI=1S/C18H29N7O8/c1-7(26)13(17(31)25-14(8(2)27)18(32)33)24-16(30)11(4-12(20)28)23-15(29)10(19)3-9-5-21-6-22-9/h5-8,10-11,13-14,26-27H,3-4,19H2,1-2H3,(H2,20,28)(H,21,22)(H,23,29)(H,24,30)(H,25,31)(H,32,33). The number of hydrogen-bond donors (Lipinski definition) is 9. The maximum absolute atomic E-state index is 12.7. The molecule has 6 unspecified atom stereocenters. The molecule has 0 aromatic carbocycles. The van der Waals surface area contributed by atoms with E-state index >= 15 is 0 Å². The lowest BCUT2D eigenvalue weighted by Gasteiger charge is -2.26. The van der Waals surface area contributed by atoms with Gasteiger partial charge in [-0.3, -0.25) is 19.2 Å². The Morgan fingerprint density at radius 2 is 1.58 bits per heavy atom. The fourth-order valence-electron chi connectivity index (χ4n) is 2.71. The number of amides is 4. The Bertz CT molecular complexity index is 843. The Balaban J connectivity index is 2.92. The molecule has 0 saturated heterocycles. The van der Waals surface area contributed by atoms with E-state index in [0.717, 1.165) is 13.8 Å². The number of aromatic amines is 1. The maximum atomic E-state index is 12.7. The van der Waals surface area contributed by atoms with Gasteiger partial charge in [0.05, 0.1) is 31.0 Å². The number of carboxylic acid groups (broad SMARTS) is 1. The molecule has 1 rings (SSSR count). The number of aliphatic hydroxyl groups excluding tert-OH is 2. The van der Waals surface area contributed by atoms with E-state index in [1.54, 1.807) is 0 Å². The molecular weight excluding hydrogens is 442 g/mol. The number of aliphatic carboxylic acids is 1. The Morgan fingerprint density at radius 3 is 2.03 bits per heavy atom. The first-order valence-corrected chi connectivity index (χ1v) is 9.84. The Kier molecular flexibility index (Phi) is 10.4. The average Bonchev–Trinajstić information content (AvgIpc) is 3.21. The summed E-state index contributed by atoms with van der Waals surface area (Å²) in [5.41, 5.74) is 11.5. The van der Waals surface area contributed by atoms with Crippen LogP contribution in [0.25, 0.3) is 0 Å². The number of carbonyl (C=O) groups excluding carboxylic acids is 4. The van der Waals surface area contributed by atoms with Crippen molar-refractivity contribution < 1.29 is 39.3 Å². The fraction of sp³-hybridized carbons (Fsp3) is 0.556. The number of aliphatic hydroxyl groups is 2. The van der Waals surface area contributed by atoms with Crippen molar-refractivity contribution in [1.82, 2.24) is 25.9 Å². The summed E-state index contributed by atoms with van der Waals surface area (Å²) in [6.45, 7) is 2.27. The summed E-state index contributed by atoms with van der Waals surface area (Å²) < 4.78 is 0. The minimum Gasteiger partial charge on any atom is -0.480 e. The van der Waals surface area contributed by atoms with Crippen molar-refractivity contribution in [2.45, 2.75) is 63.1 Å². The number of carbonyl (C=O) groups is 5. The molecule has 15 nitrogen and oxygen atoms in total. The second kappa shape index (κ2) is 12.5. The van der Waals surface area contributed by atoms with E-state index in [2.05, 4.69) is 20.6 Å². The highest BCUT2D eigenvalue weighted by Gasteiger charge is 2.34. The molecule has 0 saturated carbocycles. The van der Waals surface area contributed by atoms with E-state index in [9.17, 15) is 34.2 Å².